The van der Waals surface area contributed by atoms with Gasteiger partial charge in [0, 0.05) is 0 Å². The van der Waals surface area contributed by atoms with Crippen molar-refractivity contribution in [1.29, 1.82) is 0 Å². The molecule has 0 saturated carbocycles. The van der Waals surface area contributed by atoms with Crippen molar-refractivity contribution < 1.29 is 0 Å². The van der Waals surface area contributed by atoms with E-state index in [0.717, 1.165) is 5.56 Å². The van der Waals surface area contributed by atoms with Crippen LogP contribution in [0, 0.1) is 6.92 Å². The zero-order valence-corrected chi connectivity index (χ0v) is 10.2. The Bertz CT molecular complexity index is 286. The molecule has 15 heavy (non-hydrogen) atoms. The highest BCUT2D eigenvalue weighted by Crippen LogP contribution is 2.16. The van der Waals surface area contributed by atoms with Crippen LogP contribution in [0.25, 0.3) is 0 Å². The molecule has 83 valence electrons. The Labute approximate surface area is 94.7 Å². The van der Waals surface area contributed by atoms with Crippen LogP contribution in [0.4, 0.5) is 0 Å². The zero-order valence-electron chi connectivity index (χ0n) is 10.2. The molecule has 0 unspecified atom stereocenters. The number of rotatable bonds is 6. The molecular formula is C15H23. The maximum Gasteiger partial charge on any atom is -0.0238 e. The average Bonchev–Trinajstić information content (AvgIpc) is 2.25. The lowest BCUT2D eigenvalue weighted by Gasteiger charge is -2.09. The van der Waals surface area contributed by atoms with E-state index in [0.29, 0.717) is 0 Å². The van der Waals surface area contributed by atoms with Gasteiger partial charge in [0.15, 0.2) is 0 Å². The van der Waals surface area contributed by atoms with Gasteiger partial charge in [0.05, 0.1) is 0 Å². The molecule has 0 aliphatic rings. The van der Waals surface area contributed by atoms with Gasteiger partial charge in [-0.1, -0.05) is 44.9 Å². The predicted octanol–water partition coefficient (Wildman–Crippen LogP) is 4.55. The molecule has 0 nitrogen and oxygen atoms in total. The number of hydrogen-bond acceptors (Lipinski definition) is 0. The lowest BCUT2D eigenvalue weighted by Crippen LogP contribution is -1.95. The lowest BCUT2D eigenvalue weighted by molar-refractivity contribution is 0.758. The Hall–Kier alpha value is -0.780. The minimum Gasteiger partial charge on any atom is -0.0654 e. The van der Waals surface area contributed by atoms with Crippen molar-refractivity contribution in [3.8, 4) is 0 Å². The first-order valence-corrected chi connectivity index (χ1v) is 6.21. The van der Waals surface area contributed by atoms with Crippen molar-refractivity contribution in [3.05, 3.63) is 41.8 Å². The van der Waals surface area contributed by atoms with Crippen LogP contribution in [0.1, 0.15) is 56.2 Å². The van der Waals surface area contributed by atoms with Crippen molar-refractivity contribution in [2.45, 2.75) is 52.4 Å². The first-order valence-electron chi connectivity index (χ1n) is 6.21. The molecule has 0 atom stereocenters. The summed E-state index contributed by atoms with van der Waals surface area (Å²) in [6.07, 6.45) is 7.60. The zero-order chi connectivity index (χ0) is 11.1. The number of unbranched alkanes of at least 4 members (excludes halogenated alkanes) is 2. The van der Waals surface area contributed by atoms with E-state index < -0.39 is 0 Å². The van der Waals surface area contributed by atoms with Crippen LogP contribution >= 0.6 is 0 Å². The van der Waals surface area contributed by atoms with Gasteiger partial charge in [-0.2, -0.15) is 0 Å². The van der Waals surface area contributed by atoms with Crippen LogP contribution in [0.3, 0.4) is 0 Å². The molecule has 0 heterocycles. The maximum atomic E-state index is 4.01. The largest absolute Gasteiger partial charge is 0.0654 e. The average molecular weight is 203 g/mol. The van der Waals surface area contributed by atoms with Gasteiger partial charge in [0.1, 0.15) is 0 Å². The van der Waals surface area contributed by atoms with Crippen LogP contribution in [0.2, 0.25) is 0 Å². The maximum absolute atomic E-state index is 4.01. The van der Waals surface area contributed by atoms with E-state index in [1.54, 1.807) is 0 Å². The van der Waals surface area contributed by atoms with Gasteiger partial charge in [-0.05, 0) is 49.3 Å². The molecule has 0 spiro atoms. The van der Waals surface area contributed by atoms with Gasteiger partial charge in [-0.25, -0.2) is 0 Å². The van der Waals surface area contributed by atoms with Crippen LogP contribution in [-0.4, -0.2) is 0 Å². The molecule has 1 radical (unpaired) electrons. The summed E-state index contributed by atoms with van der Waals surface area (Å²) < 4.78 is 0. The fourth-order valence-electron chi connectivity index (χ4n) is 1.89. The first kappa shape index (κ1) is 12.3. The fourth-order valence-corrected chi connectivity index (χ4v) is 1.89. The van der Waals surface area contributed by atoms with Gasteiger partial charge in [-0.3, -0.25) is 0 Å². The smallest absolute Gasteiger partial charge is 0.0238 e. The van der Waals surface area contributed by atoms with Gasteiger partial charge >= 0.3 is 0 Å². The van der Waals surface area contributed by atoms with E-state index in [4.69, 9.17) is 0 Å². The third-order valence-corrected chi connectivity index (χ3v) is 2.87. The summed E-state index contributed by atoms with van der Waals surface area (Å²) in [7, 11) is 0. The Kier molecular flexibility index (Phi) is 5.45. The third-order valence-electron chi connectivity index (χ3n) is 2.87. The summed E-state index contributed by atoms with van der Waals surface area (Å²) in [5.41, 5.74) is 4.22. The molecule has 0 aliphatic heterocycles. The summed E-state index contributed by atoms with van der Waals surface area (Å²) in [6.45, 7) is 8.51. The number of hydrogen-bond donors (Lipinski definition) is 0. The molecule has 0 fully saturated rings. The normalized spacial score (nSPS) is 10.6. The first-order chi connectivity index (χ1) is 7.27. The molecule has 1 aromatic carbocycles. The van der Waals surface area contributed by atoms with Crippen molar-refractivity contribution in [3.63, 3.8) is 0 Å². The van der Waals surface area contributed by atoms with E-state index in [1.165, 1.54) is 49.7 Å². The highest BCUT2D eigenvalue weighted by atomic mass is 14.1. The molecule has 0 saturated heterocycles. The van der Waals surface area contributed by atoms with Crippen molar-refractivity contribution in [1.82, 2.24) is 0 Å². The van der Waals surface area contributed by atoms with E-state index in [2.05, 4.69) is 39.0 Å². The van der Waals surface area contributed by atoms with Crippen molar-refractivity contribution in [2.24, 2.45) is 0 Å². The predicted molar refractivity (Wildman–Crippen MR) is 68.1 cm³/mol. The summed E-state index contributed by atoms with van der Waals surface area (Å²) in [5.74, 6) is 0. The molecule has 0 aliphatic carbocycles. The molecule has 0 heteroatoms. The molecule has 0 bridgehead atoms. The summed E-state index contributed by atoms with van der Waals surface area (Å²) in [6, 6.07) is 6.67. The molecule has 0 aromatic heterocycles. The van der Waals surface area contributed by atoms with E-state index in [-0.39, 0.29) is 0 Å². The molecule has 0 N–H and O–H groups in total. The Morgan fingerprint density at radius 3 is 2.13 bits per heavy atom. The lowest BCUT2D eigenvalue weighted by atomic mass is 9.96. The monoisotopic (exact) mass is 203 g/mol. The van der Waals surface area contributed by atoms with E-state index >= 15 is 0 Å². The standard InChI is InChI=1S/C15H23/c1-4-6-8-14-11-10-13(3)12-15(14)9-7-5-2/h10-12H,3-9H2,1-2H3. The second kappa shape index (κ2) is 6.66. The van der Waals surface area contributed by atoms with Gasteiger partial charge in [-0.15, -0.1) is 0 Å². The Morgan fingerprint density at radius 1 is 0.933 bits per heavy atom. The van der Waals surface area contributed by atoms with E-state index in [9.17, 15) is 0 Å². The molecule has 1 rings (SSSR count). The summed E-state index contributed by atoms with van der Waals surface area (Å²) in [4.78, 5) is 0. The minimum atomic E-state index is 1.15. The van der Waals surface area contributed by atoms with Crippen molar-refractivity contribution >= 4 is 0 Å². The molecule has 0 amide bonds. The van der Waals surface area contributed by atoms with Crippen LogP contribution in [0.15, 0.2) is 18.2 Å². The highest BCUT2D eigenvalue weighted by Gasteiger charge is 2.02. The van der Waals surface area contributed by atoms with Gasteiger partial charge < -0.3 is 0 Å². The third kappa shape index (κ3) is 4.07. The van der Waals surface area contributed by atoms with E-state index in [1.807, 2.05) is 0 Å². The Morgan fingerprint density at radius 2 is 1.53 bits per heavy atom. The van der Waals surface area contributed by atoms with Crippen molar-refractivity contribution in [2.75, 3.05) is 0 Å². The fraction of sp³-hybridized carbons (Fsp3) is 0.533. The SMILES string of the molecule is [CH2]c1ccc(CCCC)c(CCCC)c1. The van der Waals surface area contributed by atoms with Crippen LogP contribution < -0.4 is 0 Å². The number of aryl methyl sites for hydroxylation is 2. The second-order valence-corrected chi connectivity index (χ2v) is 4.31. The highest BCUT2D eigenvalue weighted by molar-refractivity contribution is 5.33. The molecule has 1 aromatic rings. The van der Waals surface area contributed by atoms with Crippen LogP contribution in [0.5, 0.6) is 0 Å². The summed E-state index contributed by atoms with van der Waals surface area (Å²) in [5, 5.41) is 0. The summed E-state index contributed by atoms with van der Waals surface area (Å²) >= 11 is 0. The second-order valence-electron chi connectivity index (χ2n) is 4.31. The van der Waals surface area contributed by atoms with Gasteiger partial charge in [0.25, 0.3) is 0 Å². The van der Waals surface area contributed by atoms with Gasteiger partial charge in [0.2, 0.25) is 0 Å². The topological polar surface area (TPSA) is 0 Å². The van der Waals surface area contributed by atoms with Crippen LogP contribution in [-0.2, 0) is 12.8 Å². The minimum absolute atomic E-state index is 1.15. The Balaban J connectivity index is 2.73. The number of benzene rings is 1. The quantitative estimate of drug-likeness (QED) is 0.636. The molecular weight excluding hydrogens is 180 g/mol.